The molecule has 0 heterocycles. The van der Waals surface area contributed by atoms with E-state index in [0.717, 1.165) is 12.0 Å². The van der Waals surface area contributed by atoms with Crippen molar-refractivity contribution in [2.45, 2.75) is 39.7 Å². The first-order chi connectivity index (χ1) is 4.54. The molecule has 0 fully saturated rings. The lowest BCUT2D eigenvalue weighted by Gasteiger charge is -2.20. The van der Waals surface area contributed by atoms with Crippen molar-refractivity contribution in [3.63, 3.8) is 0 Å². The van der Waals surface area contributed by atoms with Crippen LogP contribution in [0.3, 0.4) is 0 Å². The summed E-state index contributed by atoms with van der Waals surface area (Å²) < 4.78 is 0. The van der Waals surface area contributed by atoms with Crippen LogP contribution in [0.4, 0.5) is 0 Å². The molecule has 0 radical (unpaired) electrons. The molecule has 1 unspecified atom stereocenters. The first-order valence-electron chi connectivity index (χ1n) is 4.20. The molecule has 0 amide bonds. The Balaban J connectivity index is 3.30. The molecule has 0 aliphatic carbocycles. The second-order valence-corrected chi connectivity index (χ2v) is 3.78. The minimum absolute atomic E-state index is 0.738. The van der Waals surface area contributed by atoms with Gasteiger partial charge in [-0.25, -0.2) is 0 Å². The van der Waals surface area contributed by atoms with Crippen LogP contribution in [0.2, 0.25) is 0 Å². The van der Waals surface area contributed by atoms with E-state index in [0.29, 0.717) is 0 Å². The normalized spacial score (nSPS) is 14.7. The van der Waals surface area contributed by atoms with Crippen molar-refractivity contribution in [3.05, 3.63) is 0 Å². The third-order valence-corrected chi connectivity index (χ3v) is 2.04. The van der Waals surface area contributed by atoms with Crippen molar-refractivity contribution >= 4 is 0 Å². The predicted molar refractivity (Wildman–Crippen MR) is 47.2 cm³/mol. The van der Waals surface area contributed by atoms with Crippen LogP contribution < -0.4 is 0 Å². The standard InChI is InChI=1S/C9H21N/c1-8(2)6-7-9(3)10(4)5/h8-9H,6-7H2,1-5H3. The summed E-state index contributed by atoms with van der Waals surface area (Å²) in [6, 6.07) is 0.738. The van der Waals surface area contributed by atoms with Crippen LogP contribution >= 0.6 is 0 Å². The molecule has 1 atom stereocenters. The quantitative estimate of drug-likeness (QED) is 0.584. The van der Waals surface area contributed by atoms with E-state index in [1.165, 1.54) is 12.8 Å². The number of rotatable bonds is 4. The summed E-state index contributed by atoms with van der Waals surface area (Å²) >= 11 is 0. The van der Waals surface area contributed by atoms with Gasteiger partial charge in [0.05, 0.1) is 0 Å². The number of hydrogen-bond acceptors (Lipinski definition) is 1. The zero-order valence-electron chi connectivity index (χ0n) is 8.02. The molecule has 1 nitrogen and oxygen atoms in total. The average molecular weight is 143 g/mol. The smallest absolute Gasteiger partial charge is 0.00609 e. The van der Waals surface area contributed by atoms with E-state index < -0.39 is 0 Å². The van der Waals surface area contributed by atoms with Crippen LogP contribution in [0.15, 0.2) is 0 Å². The third kappa shape index (κ3) is 4.80. The average Bonchev–Trinajstić information content (AvgIpc) is 1.82. The molecular weight excluding hydrogens is 122 g/mol. The van der Waals surface area contributed by atoms with Gasteiger partial charge in [-0.15, -0.1) is 0 Å². The van der Waals surface area contributed by atoms with Gasteiger partial charge in [0, 0.05) is 6.04 Å². The van der Waals surface area contributed by atoms with E-state index in [1.54, 1.807) is 0 Å². The molecule has 62 valence electrons. The summed E-state index contributed by atoms with van der Waals surface area (Å²) in [7, 11) is 4.29. The summed E-state index contributed by atoms with van der Waals surface area (Å²) in [4.78, 5) is 2.28. The molecular formula is C9H21N. The van der Waals surface area contributed by atoms with Gasteiger partial charge in [0.25, 0.3) is 0 Å². The zero-order valence-corrected chi connectivity index (χ0v) is 8.02. The van der Waals surface area contributed by atoms with Gasteiger partial charge in [0.1, 0.15) is 0 Å². The Morgan fingerprint density at radius 2 is 1.50 bits per heavy atom. The van der Waals surface area contributed by atoms with Gasteiger partial charge >= 0.3 is 0 Å². The van der Waals surface area contributed by atoms with Gasteiger partial charge in [-0.3, -0.25) is 0 Å². The van der Waals surface area contributed by atoms with Crippen LogP contribution in [-0.2, 0) is 0 Å². The fraction of sp³-hybridized carbons (Fsp3) is 1.00. The van der Waals surface area contributed by atoms with Gasteiger partial charge in [-0.05, 0) is 39.8 Å². The van der Waals surface area contributed by atoms with Crippen LogP contribution in [-0.4, -0.2) is 25.0 Å². The Bertz CT molecular complexity index is 76.8. The molecule has 10 heavy (non-hydrogen) atoms. The molecule has 0 saturated heterocycles. The Kier molecular flexibility index (Phi) is 4.71. The highest BCUT2D eigenvalue weighted by Gasteiger charge is 2.04. The van der Waals surface area contributed by atoms with E-state index in [9.17, 15) is 0 Å². The molecule has 0 aliphatic heterocycles. The minimum atomic E-state index is 0.738. The maximum Gasteiger partial charge on any atom is 0.00609 e. The molecule has 0 bridgehead atoms. The highest BCUT2D eigenvalue weighted by molar-refractivity contribution is 4.59. The highest BCUT2D eigenvalue weighted by Crippen LogP contribution is 2.08. The largest absolute Gasteiger partial charge is 0.307 e. The lowest BCUT2D eigenvalue weighted by molar-refractivity contribution is 0.284. The molecule has 0 aromatic rings. The lowest BCUT2D eigenvalue weighted by Crippen LogP contribution is -2.24. The summed E-state index contributed by atoms with van der Waals surface area (Å²) in [5.41, 5.74) is 0. The van der Waals surface area contributed by atoms with Gasteiger partial charge in [-0.2, -0.15) is 0 Å². The van der Waals surface area contributed by atoms with Gasteiger partial charge < -0.3 is 4.90 Å². The summed E-state index contributed by atoms with van der Waals surface area (Å²) in [6.07, 6.45) is 2.67. The number of nitrogens with zero attached hydrogens (tertiary/aromatic N) is 1. The fourth-order valence-corrected chi connectivity index (χ4v) is 0.833. The van der Waals surface area contributed by atoms with Crippen molar-refractivity contribution in [1.29, 1.82) is 0 Å². The second kappa shape index (κ2) is 4.73. The minimum Gasteiger partial charge on any atom is -0.307 e. The van der Waals surface area contributed by atoms with E-state index >= 15 is 0 Å². The lowest BCUT2D eigenvalue weighted by atomic mass is 10.0. The highest BCUT2D eigenvalue weighted by atomic mass is 15.1. The van der Waals surface area contributed by atoms with E-state index in [-0.39, 0.29) is 0 Å². The molecule has 1 heteroatoms. The van der Waals surface area contributed by atoms with Gasteiger partial charge in [0.2, 0.25) is 0 Å². The fourth-order valence-electron chi connectivity index (χ4n) is 0.833. The molecule has 0 aromatic heterocycles. The zero-order chi connectivity index (χ0) is 8.15. The molecule has 0 rings (SSSR count). The maximum atomic E-state index is 2.28. The Morgan fingerprint density at radius 1 is 1.00 bits per heavy atom. The van der Waals surface area contributed by atoms with Crippen molar-refractivity contribution in [3.8, 4) is 0 Å². The first-order valence-corrected chi connectivity index (χ1v) is 4.20. The van der Waals surface area contributed by atoms with E-state index in [2.05, 4.69) is 39.8 Å². The van der Waals surface area contributed by atoms with Gasteiger partial charge in [0.15, 0.2) is 0 Å². The van der Waals surface area contributed by atoms with Crippen LogP contribution in [0.1, 0.15) is 33.6 Å². The van der Waals surface area contributed by atoms with Crippen LogP contribution in [0.5, 0.6) is 0 Å². The van der Waals surface area contributed by atoms with Crippen molar-refractivity contribution in [1.82, 2.24) is 4.90 Å². The molecule has 0 saturated carbocycles. The number of hydrogen-bond donors (Lipinski definition) is 0. The van der Waals surface area contributed by atoms with Crippen molar-refractivity contribution < 1.29 is 0 Å². The van der Waals surface area contributed by atoms with Crippen molar-refractivity contribution in [2.24, 2.45) is 5.92 Å². The summed E-state index contributed by atoms with van der Waals surface area (Å²) in [5, 5.41) is 0. The Hall–Kier alpha value is -0.0400. The predicted octanol–water partition coefficient (Wildman–Crippen LogP) is 2.37. The second-order valence-electron chi connectivity index (χ2n) is 3.78. The topological polar surface area (TPSA) is 3.24 Å². The van der Waals surface area contributed by atoms with E-state index in [1.807, 2.05) is 0 Å². The van der Waals surface area contributed by atoms with E-state index in [4.69, 9.17) is 0 Å². The van der Waals surface area contributed by atoms with Crippen molar-refractivity contribution in [2.75, 3.05) is 14.1 Å². The van der Waals surface area contributed by atoms with Crippen LogP contribution in [0, 0.1) is 5.92 Å². The first kappa shape index (κ1) is 9.96. The molecule has 0 N–H and O–H groups in total. The Labute approximate surface area is 65.4 Å². The molecule has 0 aromatic carbocycles. The summed E-state index contributed by atoms with van der Waals surface area (Å²) in [6.45, 7) is 6.84. The van der Waals surface area contributed by atoms with Crippen LogP contribution in [0.25, 0.3) is 0 Å². The molecule has 0 aliphatic rings. The Morgan fingerprint density at radius 3 is 1.80 bits per heavy atom. The SMILES string of the molecule is CC(C)CCC(C)N(C)C. The monoisotopic (exact) mass is 143 g/mol. The third-order valence-electron chi connectivity index (χ3n) is 2.04. The van der Waals surface area contributed by atoms with Gasteiger partial charge in [-0.1, -0.05) is 13.8 Å². The molecule has 0 spiro atoms. The maximum absolute atomic E-state index is 2.28. The summed E-state index contributed by atoms with van der Waals surface area (Å²) in [5.74, 6) is 0.849.